The highest BCUT2D eigenvalue weighted by atomic mass is 16.5. The van der Waals surface area contributed by atoms with Gasteiger partial charge >= 0.3 is 5.97 Å². The molecule has 1 aliphatic rings. The normalized spacial score (nSPS) is 16.1. The first-order chi connectivity index (χ1) is 13.8. The lowest BCUT2D eigenvalue weighted by atomic mass is 10.1. The minimum atomic E-state index is -0.575. The van der Waals surface area contributed by atoms with Crippen molar-refractivity contribution in [3.63, 3.8) is 0 Å². The largest absolute Gasteiger partial charge is 0.455 e. The number of hydrogen-bond acceptors (Lipinski definition) is 4. The number of nitrogens with zero attached hydrogens (tertiary/aromatic N) is 1. The van der Waals surface area contributed by atoms with Crippen LogP contribution in [-0.2, 0) is 19.1 Å². The van der Waals surface area contributed by atoms with Crippen molar-refractivity contribution < 1.29 is 19.1 Å². The van der Waals surface area contributed by atoms with Gasteiger partial charge in [-0.2, -0.15) is 0 Å². The molecule has 0 bridgehead atoms. The zero-order valence-corrected chi connectivity index (χ0v) is 17.2. The number of aryl methyl sites for hydroxylation is 4. The van der Waals surface area contributed by atoms with Gasteiger partial charge in [0.25, 0.3) is 5.91 Å². The van der Waals surface area contributed by atoms with Crippen LogP contribution in [0.3, 0.4) is 0 Å². The molecular formula is C23H26N2O4. The van der Waals surface area contributed by atoms with Gasteiger partial charge in [0.15, 0.2) is 6.61 Å². The van der Waals surface area contributed by atoms with Gasteiger partial charge in [-0.25, -0.2) is 0 Å². The van der Waals surface area contributed by atoms with Crippen LogP contribution in [0.4, 0.5) is 11.4 Å². The van der Waals surface area contributed by atoms with Crippen LogP contribution in [-0.4, -0.2) is 30.9 Å². The first kappa shape index (κ1) is 20.6. The van der Waals surface area contributed by atoms with Crippen molar-refractivity contribution in [2.45, 2.75) is 34.1 Å². The molecule has 0 saturated carbocycles. The molecule has 2 aromatic rings. The lowest BCUT2D eigenvalue weighted by molar-refractivity contribution is -0.151. The predicted molar refractivity (Wildman–Crippen MR) is 112 cm³/mol. The minimum Gasteiger partial charge on any atom is -0.455 e. The van der Waals surface area contributed by atoms with E-state index in [1.807, 2.05) is 64.1 Å². The van der Waals surface area contributed by atoms with Gasteiger partial charge in [-0.3, -0.25) is 14.4 Å². The number of nitrogens with one attached hydrogen (secondary N) is 1. The number of hydrogen-bond donors (Lipinski definition) is 1. The Morgan fingerprint density at radius 3 is 2.14 bits per heavy atom. The van der Waals surface area contributed by atoms with E-state index in [1.165, 1.54) is 0 Å². The monoisotopic (exact) mass is 394 g/mol. The van der Waals surface area contributed by atoms with Crippen molar-refractivity contribution >= 4 is 29.2 Å². The van der Waals surface area contributed by atoms with E-state index in [9.17, 15) is 14.4 Å². The maximum Gasteiger partial charge on any atom is 0.311 e. The number of amides is 2. The summed E-state index contributed by atoms with van der Waals surface area (Å²) in [6.07, 6.45) is 0.0884. The number of rotatable bonds is 5. The molecule has 1 N–H and O–H groups in total. The number of ether oxygens (including phenoxy) is 1. The molecule has 3 rings (SSSR count). The van der Waals surface area contributed by atoms with E-state index in [4.69, 9.17) is 4.74 Å². The zero-order valence-electron chi connectivity index (χ0n) is 17.2. The van der Waals surface area contributed by atoms with Crippen LogP contribution in [0.25, 0.3) is 0 Å². The summed E-state index contributed by atoms with van der Waals surface area (Å²) in [7, 11) is 0. The summed E-state index contributed by atoms with van der Waals surface area (Å²) < 4.78 is 5.20. The van der Waals surface area contributed by atoms with Gasteiger partial charge in [-0.05, 0) is 49.9 Å². The number of anilines is 2. The topological polar surface area (TPSA) is 75.7 Å². The summed E-state index contributed by atoms with van der Waals surface area (Å²) in [5, 5.41) is 2.79. The minimum absolute atomic E-state index is 0.0884. The maximum absolute atomic E-state index is 12.5. The molecule has 1 fully saturated rings. The quantitative estimate of drug-likeness (QED) is 0.788. The average molecular weight is 394 g/mol. The third-order valence-corrected chi connectivity index (χ3v) is 5.26. The third-order valence-electron chi connectivity index (χ3n) is 5.26. The van der Waals surface area contributed by atoms with E-state index in [2.05, 4.69) is 5.32 Å². The third kappa shape index (κ3) is 4.47. The highest BCUT2D eigenvalue weighted by molar-refractivity contribution is 6.01. The van der Waals surface area contributed by atoms with Crippen molar-refractivity contribution in [3.05, 3.63) is 58.7 Å². The highest BCUT2D eigenvalue weighted by Crippen LogP contribution is 2.31. The lowest BCUT2D eigenvalue weighted by Crippen LogP contribution is -2.29. The first-order valence-electron chi connectivity index (χ1n) is 9.67. The average Bonchev–Trinajstić information content (AvgIpc) is 3.04. The summed E-state index contributed by atoms with van der Waals surface area (Å²) in [5.74, 6) is -1.60. The molecule has 1 atom stereocenters. The Morgan fingerprint density at radius 1 is 1.00 bits per heavy atom. The number of benzene rings is 2. The smallest absolute Gasteiger partial charge is 0.311 e. The van der Waals surface area contributed by atoms with E-state index in [0.29, 0.717) is 0 Å². The van der Waals surface area contributed by atoms with Crippen LogP contribution in [0.15, 0.2) is 36.4 Å². The zero-order chi connectivity index (χ0) is 21.1. The summed E-state index contributed by atoms with van der Waals surface area (Å²) in [6, 6.07) is 11.6. The number of carbonyl (C=O) groups excluding carboxylic acids is 3. The Kier molecular flexibility index (Phi) is 6.01. The Morgan fingerprint density at radius 2 is 1.55 bits per heavy atom. The van der Waals surface area contributed by atoms with Crippen LogP contribution in [0.5, 0.6) is 0 Å². The molecule has 0 spiro atoms. The number of carbonyl (C=O) groups is 3. The molecule has 6 heteroatoms. The molecule has 6 nitrogen and oxygen atoms in total. The summed E-state index contributed by atoms with van der Waals surface area (Å²) in [5.41, 5.74) is 5.43. The number of esters is 1. The van der Waals surface area contributed by atoms with Crippen molar-refractivity contribution in [2.75, 3.05) is 23.4 Å². The first-order valence-corrected chi connectivity index (χ1v) is 9.67. The van der Waals surface area contributed by atoms with E-state index in [-0.39, 0.29) is 25.5 Å². The van der Waals surface area contributed by atoms with E-state index in [1.54, 1.807) is 4.90 Å². The summed E-state index contributed by atoms with van der Waals surface area (Å²) in [4.78, 5) is 38.8. The molecule has 152 valence electrons. The molecule has 29 heavy (non-hydrogen) atoms. The second-order valence-electron chi connectivity index (χ2n) is 7.57. The Bertz CT molecular complexity index is 927. The van der Waals surface area contributed by atoms with E-state index in [0.717, 1.165) is 33.6 Å². The predicted octanol–water partition coefficient (Wildman–Crippen LogP) is 3.46. The van der Waals surface area contributed by atoms with Crippen molar-refractivity contribution in [1.29, 1.82) is 0 Å². The van der Waals surface area contributed by atoms with E-state index >= 15 is 0 Å². The summed E-state index contributed by atoms with van der Waals surface area (Å²) >= 11 is 0. The van der Waals surface area contributed by atoms with Gasteiger partial charge < -0.3 is 15.0 Å². The fraction of sp³-hybridized carbons (Fsp3) is 0.348. The van der Waals surface area contributed by atoms with Gasteiger partial charge in [-0.1, -0.05) is 36.4 Å². The molecular weight excluding hydrogens is 368 g/mol. The van der Waals surface area contributed by atoms with Crippen LogP contribution in [0.1, 0.15) is 28.7 Å². The maximum atomic E-state index is 12.5. The molecule has 0 aromatic heterocycles. The molecule has 0 radical (unpaired) electrons. The number of para-hydroxylation sites is 2. The molecule has 1 aliphatic heterocycles. The Balaban J connectivity index is 1.59. The van der Waals surface area contributed by atoms with Crippen LogP contribution >= 0.6 is 0 Å². The van der Waals surface area contributed by atoms with Gasteiger partial charge in [0, 0.05) is 24.3 Å². The molecule has 0 aliphatic carbocycles. The Hall–Kier alpha value is -3.15. The van der Waals surface area contributed by atoms with Gasteiger partial charge in [0.05, 0.1) is 5.92 Å². The van der Waals surface area contributed by atoms with Gasteiger partial charge in [0.1, 0.15) is 0 Å². The second-order valence-corrected chi connectivity index (χ2v) is 7.57. The van der Waals surface area contributed by atoms with Crippen molar-refractivity contribution in [2.24, 2.45) is 5.92 Å². The molecule has 2 amide bonds. The summed E-state index contributed by atoms with van der Waals surface area (Å²) in [6.45, 7) is 7.59. The van der Waals surface area contributed by atoms with Crippen molar-refractivity contribution in [1.82, 2.24) is 0 Å². The van der Waals surface area contributed by atoms with Crippen LogP contribution in [0.2, 0.25) is 0 Å². The fourth-order valence-corrected chi connectivity index (χ4v) is 3.75. The van der Waals surface area contributed by atoms with E-state index < -0.39 is 17.8 Å². The molecule has 1 heterocycles. The van der Waals surface area contributed by atoms with Crippen LogP contribution in [0, 0.1) is 33.6 Å². The van der Waals surface area contributed by atoms with Crippen molar-refractivity contribution in [3.8, 4) is 0 Å². The second kappa shape index (κ2) is 8.47. The lowest BCUT2D eigenvalue weighted by Gasteiger charge is -2.21. The molecule has 0 unspecified atom stereocenters. The van der Waals surface area contributed by atoms with Gasteiger partial charge in [0.2, 0.25) is 5.91 Å². The molecule has 1 saturated heterocycles. The highest BCUT2D eigenvalue weighted by Gasteiger charge is 2.37. The fourth-order valence-electron chi connectivity index (χ4n) is 3.75. The SMILES string of the molecule is Cc1cccc(C)c1NC(=O)COC(=O)[C@H]1CC(=O)N(c2c(C)cccc2C)C1. The Labute approximate surface area is 170 Å². The van der Waals surface area contributed by atoms with Gasteiger partial charge in [-0.15, -0.1) is 0 Å². The van der Waals surface area contributed by atoms with Crippen LogP contribution < -0.4 is 10.2 Å². The standard InChI is InChI=1S/C23H26N2O4/c1-14-7-5-8-15(2)21(14)24-19(26)13-29-23(28)18-11-20(27)25(12-18)22-16(3)9-6-10-17(22)4/h5-10,18H,11-13H2,1-4H3,(H,24,26)/t18-/m0/s1. The molecule has 2 aromatic carbocycles.